The molecule has 2 rings (SSSR count). The van der Waals surface area contributed by atoms with E-state index < -0.39 is 11.8 Å². The summed E-state index contributed by atoms with van der Waals surface area (Å²) >= 11 is 0. The van der Waals surface area contributed by atoms with E-state index in [1.165, 1.54) is 23.1 Å². The molecule has 0 radical (unpaired) electrons. The molecule has 0 aromatic heterocycles. The summed E-state index contributed by atoms with van der Waals surface area (Å²) in [5, 5.41) is 8.60. The maximum Gasteiger partial charge on any atom is 0.303 e. The zero-order chi connectivity index (χ0) is 13.3. The lowest BCUT2D eigenvalue weighted by Crippen LogP contribution is -2.50. The first kappa shape index (κ1) is 12.3. The van der Waals surface area contributed by atoms with Gasteiger partial charge in [0.1, 0.15) is 5.82 Å². The number of nitrogen functional groups attached to an aromatic ring is 1. The van der Waals surface area contributed by atoms with Gasteiger partial charge in [0, 0.05) is 19.0 Å². The van der Waals surface area contributed by atoms with Crippen LogP contribution in [0.2, 0.25) is 0 Å². The van der Waals surface area contributed by atoms with Crippen molar-refractivity contribution < 1.29 is 19.1 Å². The first-order valence-electron chi connectivity index (χ1n) is 5.54. The third-order valence-electron chi connectivity index (χ3n) is 2.99. The normalized spacial score (nSPS) is 15.3. The lowest BCUT2D eigenvalue weighted by molar-refractivity contribution is -0.139. The van der Waals surface area contributed by atoms with Crippen LogP contribution in [0.3, 0.4) is 0 Å². The van der Waals surface area contributed by atoms with Crippen molar-refractivity contribution in [1.29, 1.82) is 0 Å². The Morgan fingerprint density at radius 2 is 2.11 bits per heavy atom. The quantitative estimate of drug-likeness (QED) is 0.785. The van der Waals surface area contributed by atoms with E-state index in [9.17, 15) is 14.0 Å². The van der Waals surface area contributed by atoms with E-state index >= 15 is 0 Å². The van der Waals surface area contributed by atoms with Crippen LogP contribution in [0, 0.1) is 11.7 Å². The fourth-order valence-corrected chi connectivity index (χ4v) is 2.01. The molecule has 1 aromatic carbocycles. The predicted octanol–water partition coefficient (Wildman–Crippen LogP) is 0.955. The number of nitrogens with two attached hydrogens (primary N) is 1. The summed E-state index contributed by atoms with van der Waals surface area (Å²) in [6.45, 7) is 0.752. The molecule has 96 valence electrons. The van der Waals surface area contributed by atoms with Gasteiger partial charge in [0.25, 0.3) is 5.91 Å². The summed E-state index contributed by atoms with van der Waals surface area (Å²) in [6, 6.07) is 4.08. The molecule has 1 aliphatic heterocycles. The second kappa shape index (κ2) is 4.64. The molecule has 1 amide bonds. The SMILES string of the molecule is Nc1c(F)cccc1C(=O)N1CC(CC(=O)O)C1. The summed E-state index contributed by atoms with van der Waals surface area (Å²) in [5.41, 5.74) is 5.46. The number of carboxylic acid groups (broad SMARTS) is 1. The average Bonchev–Trinajstić information content (AvgIpc) is 2.25. The van der Waals surface area contributed by atoms with Gasteiger partial charge in [-0.15, -0.1) is 0 Å². The molecular weight excluding hydrogens is 239 g/mol. The van der Waals surface area contributed by atoms with Gasteiger partial charge in [-0.1, -0.05) is 6.07 Å². The summed E-state index contributed by atoms with van der Waals surface area (Å²) in [7, 11) is 0. The summed E-state index contributed by atoms with van der Waals surface area (Å²) in [5.74, 6) is -1.88. The molecule has 0 saturated carbocycles. The number of para-hydroxylation sites is 1. The van der Waals surface area contributed by atoms with Crippen molar-refractivity contribution in [2.45, 2.75) is 6.42 Å². The topological polar surface area (TPSA) is 83.6 Å². The number of nitrogens with zero attached hydrogens (tertiary/aromatic N) is 1. The highest BCUT2D eigenvalue weighted by Gasteiger charge is 2.33. The summed E-state index contributed by atoms with van der Waals surface area (Å²) in [6.07, 6.45) is 0.0441. The molecule has 0 unspecified atom stereocenters. The van der Waals surface area contributed by atoms with Crippen LogP contribution < -0.4 is 5.73 Å². The highest BCUT2D eigenvalue weighted by Crippen LogP contribution is 2.24. The number of amides is 1. The van der Waals surface area contributed by atoms with Crippen LogP contribution in [0.25, 0.3) is 0 Å². The standard InChI is InChI=1S/C12H13FN2O3/c13-9-3-1-2-8(11(9)14)12(18)15-5-7(6-15)4-10(16)17/h1-3,7H,4-6,14H2,(H,16,17). The zero-order valence-electron chi connectivity index (χ0n) is 9.60. The number of rotatable bonds is 3. The maximum atomic E-state index is 13.2. The molecule has 0 atom stereocenters. The molecule has 1 fully saturated rings. The predicted molar refractivity (Wildman–Crippen MR) is 62.5 cm³/mol. The van der Waals surface area contributed by atoms with Crippen LogP contribution in [0.1, 0.15) is 16.8 Å². The molecule has 1 heterocycles. The molecule has 3 N–H and O–H groups in total. The number of carbonyl (C=O) groups excluding carboxylic acids is 1. The molecule has 18 heavy (non-hydrogen) atoms. The smallest absolute Gasteiger partial charge is 0.303 e. The second-order valence-electron chi connectivity index (χ2n) is 4.38. The Morgan fingerprint density at radius 3 is 2.72 bits per heavy atom. The number of hydrogen-bond acceptors (Lipinski definition) is 3. The number of carbonyl (C=O) groups is 2. The van der Waals surface area contributed by atoms with Gasteiger partial charge >= 0.3 is 5.97 Å². The van der Waals surface area contributed by atoms with Crippen molar-refractivity contribution in [3.05, 3.63) is 29.6 Å². The van der Waals surface area contributed by atoms with E-state index in [4.69, 9.17) is 10.8 Å². The Kier molecular flexibility index (Phi) is 3.18. The first-order valence-corrected chi connectivity index (χ1v) is 5.54. The minimum absolute atomic E-state index is 0.0266. The number of carboxylic acids is 1. The van der Waals surface area contributed by atoms with Gasteiger partial charge < -0.3 is 15.7 Å². The lowest BCUT2D eigenvalue weighted by Gasteiger charge is -2.38. The van der Waals surface area contributed by atoms with Gasteiger partial charge in [-0.25, -0.2) is 4.39 Å². The number of hydrogen-bond donors (Lipinski definition) is 2. The fourth-order valence-electron chi connectivity index (χ4n) is 2.01. The Balaban J connectivity index is 2.02. The zero-order valence-corrected chi connectivity index (χ0v) is 9.60. The van der Waals surface area contributed by atoms with Gasteiger partial charge in [-0.2, -0.15) is 0 Å². The van der Waals surface area contributed by atoms with Crippen molar-refractivity contribution >= 4 is 17.6 Å². The fraction of sp³-hybridized carbons (Fsp3) is 0.333. The summed E-state index contributed by atoms with van der Waals surface area (Å²) in [4.78, 5) is 23.9. The molecule has 1 aliphatic rings. The van der Waals surface area contributed by atoms with Crippen molar-refractivity contribution in [1.82, 2.24) is 4.90 Å². The largest absolute Gasteiger partial charge is 0.481 e. The highest BCUT2D eigenvalue weighted by molar-refractivity contribution is 5.99. The Labute approximate surface area is 103 Å². The van der Waals surface area contributed by atoms with Crippen molar-refractivity contribution in [2.24, 2.45) is 5.92 Å². The molecule has 5 nitrogen and oxygen atoms in total. The molecule has 1 saturated heterocycles. The molecular formula is C12H13FN2O3. The number of anilines is 1. The number of aliphatic carboxylic acids is 1. The van der Waals surface area contributed by atoms with Crippen molar-refractivity contribution in [3.8, 4) is 0 Å². The highest BCUT2D eigenvalue weighted by atomic mass is 19.1. The van der Waals surface area contributed by atoms with Crippen LogP contribution in [0.15, 0.2) is 18.2 Å². The number of benzene rings is 1. The monoisotopic (exact) mass is 252 g/mol. The molecule has 6 heteroatoms. The van der Waals surface area contributed by atoms with E-state index in [1.807, 2.05) is 0 Å². The van der Waals surface area contributed by atoms with Crippen LogP contribution in [0.5, 0.6) is 0 Å². The number of likely N-dealkylation sites (tertiary alicyclic amines) is 1. The molecule has 1 aromatic rings. The van der Waals surface area contributed by atoms with E-state index in [2.05, 4.69) is 0 Å². The van der Waals surface area contributed by atoms with Gasteiger partial charge in [0.05, 0.1) is 17.7 Å². The van der Waals surface area contributed by atoms with Gasteiger partial charge in [-0.05, 0) is 12.1 Å². The molecule has 0 spiro atoms. The van der Waals surface area contributed by atoms with Crippen LogP contribution in [-0.2, 0) is 4.79 Å². The van der Waals surface area contributed by atoms with Gasteiger partial charge in [0.15, 0.2) is 0 Å². The van der Waals surface area contributed by atoms with Crippen LogP contribution >= 0.6 is 0 Å². The van der Waals surface area contributed by atoms with Crippen molar-refractivity contribution in [3.63, 3.8) is 0 Å². The average molecular weight is 252 g/mol. The Hall–Kier alpha value is -2.11. The van der Waals surface area contributed by atoms with E-state index in [-0.39, 0.29) is 29.5 Å². The minimum atomic E-state index is -0.877. The van der Waals surface area contributed by atoms with E-state index in [0.29, 0.717) is 13.1 Å². The van der Waals surface area contributed by atoms with E-state index in [0.717, 1.165) is 0 Å². The first-order chi connectivity index (χ1) is 8.49. The van der Waals surface area contributed by atoms with Gasteiger partial charge in [0.2, 0.25) is 0 Å². The van der Waals surface area contributed by atoms with Gasteiger partial charge in [-0.3, -0.25) is 9.59 Å². The maximum absolute atomic E-state index is 13.2. The second-order valence-corrected chi connectivity index (χ2v) is 4.38. The van der Waals surface area contributed by atoms with Crippen LogP contribution in [0.4, 0.5) is 10.1 Å². The number of halogens is 1. The summed E-state index contributed by atoms with van der Waals surface area (Å²) < 4.78 is 13.2. The molecule has 0 aliphatic carbocycles. The van der Waals surface area contributed by atoms with Crippen LogP contribution in [-0.4, -0.2) is 35.0 Å². The lowest BCUT2D eigenvalue weighted by atomic mass is 9.95. The molecule has 0 bridgehead atoms. The van der Waals surface area contributed by atoms with E-state index in [1.54, 1.807) is 0 Å². The minimum Gasteiger partial charge on any atom is -0.481 e. The van der Waals surface area contributed by atoms with Crippen molar-refractivity contribution in [2.75, 3.05) is 18.8 Å². The third kappa shape index (κ3) is 2.27. The third-order valence-corrected chi connectivity index (χ3v) is 2.99. The Morgan fingerprint density at radius 1 is 1.44 bits per heavy atom. The Bertz CT molecular complexity index is 498.